The van der Waals surface area contributed by atoms with Crippen LogP contribution in [0.15, 0.2) is 67.0 Å². The molecule has 2 aromatic heterocycles. The molecule has 0 aliphatic carbocycles. The van der Waals surface area contributed by atoms with Gasteiger partial charge in [0, 0.05) is 59.4 Å². The van der Waals surface area contributed by atoms with Crippen LogP contribution in [-0.2, 0) is 14.1 Å². The molecule has 3 nitrogen and oxygen atoms in total. The molecule has 0 saturated heterocycles. The Morgan fingerprint density at radius 2 is 1.42 bits per heavy atom. The zero-order chi connectivity index (χ0) is 16.7. The van der Waals surface area contributed by atoms with Crippen molar-refractivity contribution in [3.8, 4) is 0 Å². The van der Waals surface area contributed by atoms with E-state index in [1.165, 1.54) is 0 Å². The summed E-state index contributed by atoms with van der Waals surface area (Å²) >= 11 is 0. The normalized spacial score (nSPS) is 11.8. The van der Waals surface area contributed by atoms with Crippen LogP contribution >= 0.6 is 0 Å². The van der Waals surface area contributed by atoms with Gasteiger partial charge in [0.05, 0.1) is 0 Å². The number of ketones is 1. The number of nitrogens with zero attached hydrogens (tertiary/aromatic N) is 2. The lowest BCUT2D eigenvalue weighted by atomic mass is 10.1. The van der Waals surface area contributed by atoms with E-state index in [9.17, 15) is 4.79 Å². The van der Waals surface area contributed by atoms with Gasteiger partial charge in [0.25, 0.3) is 0 Å². The van der Waals surface area contributed by atoms with Crippen LogP contribution in [0.3, 0.4) is 0 Å². The first-order valence-corrected chi connectivity index (χ1v) is 7.95. The molecular formula is C21H18N2O. The minimum Gasteiger partial charge on any atom is -0.350 e. The summed E-state index contributed by atoms with van der Waals surface area (Å²) in [5, 5.41) is 2.15. The third-order valence-electron chi connectivity index (χ3n) is 4.50. The van der Waals surface area contributed by atoms with Gasteiger partial charge < -0.3 is 9.13 Å². The second-order valence-electron chi connectivity index (χ2n) is 6.08. The van der Waals surface area contributed by atoms with E-state index in [1.54, 1.807) is 6.08 Å². The Balaban J connectivity index is 1.74. The van der Waals surface area contributed by atoms with Gasteiger partial charge >= 0.3 is 0 Å². The largest absolute Gasteiger partial charge is 0.350 e. The van der Waals surface area contributed by atoms with E-state index in [0.717, 1.165) is 32.9 Å². The lowest BCUT2D eigenvalue weighted by Crippen LogP contribution is -1.92. The highest BCUT2D eigenvalue weighted by Gasteiger charge is 2.11. The van der Waals surface area contributed by atoms with Gasteiger partial charge in [-0.2, -0.15) is 0 Å². The summed E-state index contributed by atoms with van der Waals surface area (Å²) in [6.07, 6.45) is 7.54. The first-order chi connectivity index (χ1) is 11.6. The van der Waals surface area contributed by atoms with Gasteiger partial charge in [-0.15, -0.1) is 0 Å². The maximum Gasteiger partial charge on any atom is 0.188 e. The topological polar surface area (TPSA) is 26.9 Å². The van der Waals surface area contributed by atoms with Crippen molar-refractivity contribution in [2.24, 2.45) is 14.1 Å². The minimum absolute atomic E-state index is 0.0275. The SMILES string of the molecule is Cn1cc(/C=C/C(=O)c2cn(C)c3ccccc23)c2ccccc21. The molecule has 2 heterocycles. The molecule has 0 aliphatic heterocycles. The molecule has 0 fully saturated rings. The second-order valence-corrected chi connectivity index (χ2v) is 6.08. The quantitative estimate of drug-likeness (QED) is 0.402. The van der Waals surface area contributed by atoms with Crippen LogP contribution in [0.5, 0.6) is 0 Å². The van der Waals surface area contributed by atoms with E-state index in [-0.39, 0.29) is 5.78 Å². The maximum atomic E-state index is 12.7. The summed E-state index contributed by atoms with van der Waals surface area (Å²) in [4.78, 5) is 12.7. The molecule has 3 heteroatoms. The van der Waals surface area contributed by atoms with Crippen molar-refractivity contribution in [1.29, 1.82) is 0 Å². The number of rotatable bonds is 3. The number of hydrogen-bond acceptors (Lipinski definition) is 1. The fraction of sp³-hybridized carbons (Fsp3) is 0.0952. The van der Waals surface area contributed by atoms with E-state index in [4.69, 9.17) is 0 Å². The second kappa shape index (κ2) is 5.53. The number of para-hydroxylation sites is 2. The van der Waals surface area contributed by atoms with Crippen LogP contribution in [0.2, 0.25) is 0 Å². The number of fused-ring (bicyclic) bond motifs is 2. The van der Waals surface area contributed by atoms with E-state index >= 15 is 0 Å². The van der Waals surface area contributed by atoms with Gasteiger partial charge in [-0.1, -0.05) is 36.4 Å². The molecule has 0 unspecified atom stereocenters. The fourth-order valence-corrected chi connectivity index (χ4v) is 3.30. The smallest absolute Gasteiger partial charge is 0.188 e. The lowest BCUT2D eigenvalue weighted by Gasteiger charge is -1.94. The Kier molecular flexibility index (Phi) is 3.35. The summed E-state index contributed by atoms with van der Waals surface area (Å²) in [6, 6.07) is 16.2. The van der Waals surface area contributed by atoms with E-state index in [2.05, 4.69) is 22.9 Å². The van der Waals surface area contributed by atoms with Gasteiger partial charge in [-0.05, 0) is 24.3 Å². The molecule has 0 bridgehead atoms. The Hall–Kier alpha value is -3.07. The first kappa shape index (κ1) is 14.5. The first-order valence-electron chi connectivity index (χ1n) is 7.95. The number of hydrogen-bond donors (Lipinski definition) is 0. The minimum atomic E-state index is 0.0275. The van der Waals surface area contributed by atoms with Crippen LogP contribution in [0, 0.1) is 0 Å². The van der Waals surface area contributed by atoms with E-state index in [0.29, 0.717) is 0 Å². The molecule has 4 aromatic rings. The van der Waals surface area contributed by atoms with Crippen molar-refractivity contribution in [1.82, 2.24) is 9.13 Å². The summed E-state index contributed by atoms with van der Waals surface area (Å²) in [7, 11) is 3.99. The van der Waals surface area contributed by atoms with Crippen LogP contribution in [0.25, 0.3) is 27.9 Å². The van der Waals surface area contributed by atoms with Crippen LogP contribution in [0.1, 0.15) is 15.9 Å². The number of allylic oxidation sites excluding steroid dienone is 1. The van der Waals surface area contributed by atoms with Gasteiger partial charge in [-0.25, -0.2) is 0 Å². The van der Waals surface area contributed by atoms with Gasteiger partial charge in [0.15, 0.2) is 5.78 Å². The Labute approximate surface area is 140 Å². The number of benzene rings is 2. The zero-order valence-electron chi connectivity index (χ0n) is 13.7. The van der Waals surface area contributed by atoms with Crippen LogP contribution in [-0.4, -0.2) is 14.9 Å². The van der Waals surface area contributed by atoms with E-state index in [1.807, 2.05) is 67.3 Å². The van der Waals surface area contributed by atoms with Gasteiger partial charge in [0.1, 0.15) is 0 Å². The number of aromatic nitrogens is 2. The standard InChI is InChI=1S/C21H18N2O/c1-22-13-15(16-7-3-5-9-19(16)22)11-12-21(24)18-14-23(2)20-10-6-4-8-17(18)20/h3-14H,1-2H3/b12-11+. The predicted octanol–water partition coefficient (Wildman–Crippen LogP) is 4.57. The van der Waals surface area contributed by atoms with Crippen LogP contribution in [0.4, 0.5) is 0 Å². The Morgan fingerprint density at radius 3 is 2.17 bits per heavy atom. The molecule has 0 saturated carbocycles. The molecule has 24 heavy (non-hydrogen) atoms. The number of carbonyl (C=O) groups excluding carboxylic acids is 1. The molecule has 0 amide bonds. The third kappa shape index (κ3) is 2.26. The van der Waals surface area contributed by atoms with Crippen LogP contribution < -0.4 is 0 Å². The Morgan fingerprint density at radius 1 is 0.833 bits per heavy atom. The van der Waals surface area contributed by atoms with Crippen molar-refractivity contribution in [3.05, 3.63) is 78.1 Å². The van der Waals surface area contributed by atoms with Crippen molar-refractivity contribution >= 4 is 33.7 Å². The molecule has 0 aliphatic rings. The summed E-state index contributed by atoms with van der Waals surface area (Å²) < 4.78 is 4.08. The molecule has 4 rings (SSSR count). The lowest BCUT2D eigenvalue weighted by molar-refractivity contribution is 0.104. The van der Waals surface area contributed by atoms with Crippen molar-refractivity contribution in [3.63, 3.8) is 0 Å². The molecule has 118 valence electrons. The monoisotopic (exact) mass is 314 g/mol. The third-order valence-corrected chi connectivity index (χ3v) is 4.50. The maximum absolute atomic E-state index is 12.7. The van der Waals surface area contributed by atoms with Crippen molar-refractivity contribution < 1.29 is 4.79 Å². The zero-order valence-corrected chi connectivity index (χ0v) is 13.7. The average Bonchev–Trinajstić information content (AvgIpc) is 3.11. The highest BCUT2D eigenvalue weighted by Crippen LogP contribution is 2.23. The highest BCUT2D eigenvalue weighted by molar-refractivity contribution is 6.15. The summed E-state index contributed by atoms with van der Waals surface area (Å²) in [6.45, 7) is 0. The predicted molar refractivity (Wildman–Crippen MR) is 99.2 cm³/mol. The number of carbonyl (C=O) groups is 1. The van der Waals surface area contributed by atoms with Gasteiger partial charge in [0.2, 0.25) is 0 Å². The fourth-order valence-electron chi connectivity index (χ4n) is 3.30. The molecule has 0 atom stereocenters. The van der Waals surface area contributed by atoms with Gasteiger partial charge in [-0.3, -0.25) is 4.79 Å². The molecule has 0 spiro atoms. The summed E-state index contributed by atoms with van der Waals surface area (Å²) in [5.74, 6) is 0.0275. The molecule has 0 radical (unpaired) electrons. The summed E-state index contributed by atoms with van der Waals surface area (Å²) in [5.41, 5.74) is 4.03. The van der Waals surface area contributed by atoms with Crippen molar-refractivity contribution in [2.75, 3.05) is 0 Å². The average molecular weight is 314 g/mol. The molecule has 0 N–H and O–H groups in total. The van der Waals surface area contributed by atoms with Crippen molar-refractivity contribution in [2.45, 2.75) is 0 Å². The molecule has 2 aromatic carbocycles. The highest BCUT2D eigenvalue weighted by atomic mass is 16.1. The number of aryl methyl sites for hydroxylation is 2. The molecular weight excluding hydrogens is 296 g/mol. The van der Waals surface area contributed by atoms with E-state index < -0.39 is 0 Å². The Bertz CT molecular complexity index is 1100.